The lowest BCUT2D eigenvalue weighted by Gasteiger charge is -2.20. The van der Waals surface area contributed by atoms with Crippen LogP contribution in [0.1, 0.15) is 5.56 Å². The lowest BCUT2D eigenvalue weighted by Crippen LogP contribution is -2.18. The van der Waals surface area contributed by atoms with Gasteiger partial charge in [0.05, 0.1) is 5.52 Å². The Kier molecular flexibility index (Phi) is 3.71. The molecule has 1 aromatic heterocycles. The highest BCUT2D eigenvalue weighted by Crippen LogP contribution is 2.25. The number of benzene rings is 2. The molecule has 0 fully saturated rings. The standard InChI is InChI=1S/C16H13ClFN3/c1-21(10-11-5-4-6-12(18)9-11)15-13-7-2-3-8-14(13)19-16(17)20-15/h2-9H,10H2,1H3. The summed E-state index contributed by atoms with van der Waals surface area (Å²) in [4.78, 5) is 10.4. The van der Waals surface area contributed by atoms with E-state index in [9.17, 15) is 4.39 Å². The van der Waals surface area contributed by atoms with Crippen molar-refractivity contribution in [3.05, 3.63) is 65.2 Å². The number of hydrogen-bond donors (Lipinski definition) is 0. The van der Waals surface area contributed by atoms with E-state index in [1.165, 1.54) is 12.1 Å². The number of hydrogen-bond acceptors (Lipinski definition) is 3. The van der Waals surface area contributed by atoms with Crippen LogP contribution in [0.25, 0.3) is 10.9 Å². The summed E-state index contributed by atoms with van der Waals surface area (Å²) in [5, 5.41) is 1.12. The fraction of sp³-hybridized carbons (Fsp3) is 0.125. The maximum atomic E-state index is 13.3. The average Bonchev–Trinajstić information content (AvgIpc) is 2.46. The van der Waals surface area contributed by atoms with Gasteiger partial charge in [-0.3, -0.25) is 0 Å². The lowest BCUT2D eigenvalue weighted by molar-refractivity contribution is 0.625. The second kappa shape index (κ2) is 5.66. The monoisotopic (exact) mass is 301 g/mol. The van der Waals surface area contributed by atoms with E-state index in [2.05, 4.69) is 9.97 Å². The Balaban J connectivity index is 1.99. The van der Waals surface area contributed by atoms with E-state index >= 15 is 0 Å². The Morgan fingerprint density at radius 3 is 2.71 bits per heavy atom. The highest BCUT2D eigenvalue weighted by Gasteiger charge is 2.11. The average molecular weight is 302 g/mol. The first-order valence-corrected chi connectivity index (χ1v) is 6.89. The zero-order valence-electron chi connectivity index (χ0n) is 11.4. The van der Waals surface area contributed by atoms with Crippen molar-refractivity contribution in [2.45, 2.75) is 6.54 Å². The minimum absolute atomic E-state index is 0.204. The zero-order valence-corrected chi connectivity index (χ0v) is 12.2. The van der Waals surface area contributed by atoms with Crippen molar-refractivity contribution in [2.24, 2.45) is 0 Å². The van der Waals surface area contributed by atoms with E-state index in [0.29, 0.717) is 6.54 Å². The fourth-order valence-electron chi connectivity index (χ4n) is 2.31. The van der Waals surface area contributed by atoms with Gasteiger partial charge >= 0.3 is 0 Å². The van der Waals surface area contributed by atoms with E-state index in [0.717, 1.165) is 22.3 Å². The van der Waals surface area contributed by atoms with Crippen LogP contribution >= 0.6 is 11.6 Å². The molecule has 106 valence electrons. The van der Waals surface area contributed by atoms with Crippen LogP contribution in [0.15, 0.2) is 48.5 Å². The minimum atomic E-state index is -0.244. The number of aromatic nitrogens is 2. The number of fused-ring (bicyclic) bond motifs is 1. The number of rotatable bonds is 3. The fourth-order valence-corrected chi connectivity index (χ4v) is 2.48. The summed E-state index contributed by atoms with van der Waals surface area (Å²) in [6.07, 6.45) is 0. The largest absolute Gasteiger partial charge is 0.355 e. The third-order valence-corrected chi connectivity index (χ3v) is 3.40. The first-order valence-electron chi connectivity index (χ1n) is 6.51. The Bertz CT molecular complexity index is 791. The maximum Gasteiger partial charge on any atom is 0.224 e. The van der Waals surface area contributed by atoms with Gasteiger partial charge in [-0.2, -0.15) is 4.98 Å². The summed E-state index contributed by atoms with van der Waals surface area (Å²) in [6.45, 7) is 0.537. The molecule has 3 nitrogen and oxygen atoms in total. The molecule has 3 rings (SSSR count). The van der Waals surface area contributed by atoms with Crippen molar-refractivity contribution in [1.29, 1.82) is 0 Å². The van der Waals surface area contributed by atoms with Gasteiger partial charge in [0.1, 0.15) is 11.6 Å². The minimum Gasteiger partial charge on any atom is -0.355 e. The molecule has 0 aliphatic carbocycles. The molecule has 0 aliphatic heterocycles. The number of nitrogens with zero attached hydrogens (tertiary/aromatic N) is 3. The predicted octanol–water partition coefficient (Wildman–Crippen LogP) is 4.06. The van der Waals surface area contributed by atoms with Gasteiger partial charge in [0, 0.05) is 19.0 Å². The van der Waals surface area contributed by atoms with Crippen molar-refractivity contribution in [1.82, 2.24) is 9.97 Å². The highest BCUT2D eigenvalue weighted by molar-refractivity contribution is 6.28. The van der Waals surface area contributed by atoms with Gasteiger partial charge in [0.2, 0.25) is 5.28 Å². The van der Waals surface area contributed by atoms with E-state index in [4.69, 9.17) is 11.6 Å². The van der Waals surface area contributed by atoms with Gasteiger partial charge in [-0.15, -0.1) is 0 Å². The van der Waals surface area contributed by atoms with Crippen LogP contribution in [-0.4, -0.2) is 17.0 Å². The van der Waals surface area contributed by atoms with Crippen LogP contribution in [0.2, 0.25) is 5.28 Å². The molecule has 0 atom stereocenters. The summed E-state index contributed by atoms with van der Waals surface area (Å²) in [5.74, 6) is 0.487. The normalized spacial score (nSPS) is 10.8. The number of halogens is 2. The molecule has 0 bridgehead atoms. The second-order valence-electron chi connectivity index (χ2n) is 4.82. The molecule has 5 heteroatoms. The quantitative estimate of drug-likeness (QED) is 0.683. The molecule has 0 saturated carbocycles. The SMILES string of the molecule is CN(Cc1cccc(F)c1)c1nc(Cl)nc2ccccc12. The molecule has 0 radical (unpaired) electrons. The summed E-state index contributed by atoms with van der Waals surface area (Å²) in [7, 11) is 1.90. The molecule has 0 N–H and O–H groups in total. The lowest BCUT2D eigenvalue weighted by atomic mass is 10.2. The number of anilines is 1. The topological polar surface area (TPSA) is 29.0 Å². The molecule has 0 amide bonds. The summed E-state index contributed by atoms with van der Waals surface area (Å²) in [6, 6.07) is 14.2. The maximum absolute atomic E-state index is 13.3. The Labute approximate surface area is 127 Å². The highest BCUT2D eigenvalue weighted by atomic mass is 35.5. The third kappa shape index (κ3) is 2.95. The van der Waals surface area contributed by atoms with Crippen molar-refractivity contribution < 1.29 is 4.39 Å². The predicted molar refractivity (Wildman–Crippen MR) is 83.1 cm³/mol. The molecular formula is C16H13ClFN3. The van der Waals surface area contributed by atoms with Crippen molar-refractivity contribution >= 4 is 28.3 Å². The van der Waals surface area contributed by atoms with Crippen molar-refractivity contribution in [2.75, 3.05) is 11.9 Å². The van der Waals surface area contributed by atoms with Crippen molar-refractivity contribution in [3.63, 3.8) is 0 Å². The van der Waals surface area contributed by atoms with E-state index in [1.54, 1.807) is 6.07 Å². The Morgan fingerprint density at radius 1 is 1.10 bits per heavy atom. The van der Waals surface area contributed by atoms with Gasteiger partial charge in [-0.1, -0.05) is 24.3 Å². The molecule has 2 aromatic carbocycles. The van der Waals surface area contributed by atoms with Gasteiger partial charge < -0.3 is 4.90 Å². The van der Waals surface area contributed by atoms with Gasteiger partial charge in [0.15, 0.2) is 0 Å². The van der Waals surface area contributed by atoms with E-state index in [-0.39, 0.29) is 11.1 Å². The second-order valence-corrected chi connectivity index (χ2v) is 5.16. The molecule has 0 aliphatic rings. The summed E-state index contributed by atoms with van der Waals surface area (Å²) < 4.78 is 13.3. The zero-order chi connectivity index (χ0) is 14.8. The van der Waals surface area contributed by atoms with Gasteiger partial charge in [0.25, 0.3) is 0 Å². The Hall–Kier alpha value is -2.20. The first kappa shape index (κ1) is 13.8. The molecule has 1 heterocycles. The summed E-state index contributed by atoms with van der Waals surface area (Å²) in [5.41, 5.74) is 1.66. The molecule has 0 unspecified atom stereocenters. The van der Waals surface area contributed by atoms with E-state index < -0.39 is 0 Å². The third-order valence-electron chi connectivity index (χ3n) is 3.23. The molecular weight excluding hydrogens is 289 g/mol. The van der Waals surface area contributed by atoms with Crippen LogP contribution in [0.3, 0.4) is 0 Å². The molecule has 0 spiro atoms. The van der Waals surface area contributed by atoms with Crippen LogP contribution in [0.5, 0.6) is 0 Å². The molecule has 21 heavy (non-hydrogen) atoms. The molecule has 0 saturated heterocycles. The number of para-hydroxylation sites is 1. The van der Waals surface area contributed by atoms with Crippen molar-refractivity contribution in [3.8, 4) is 0 Å². The van der Waals surface area contributed by atoms with E-state index in [1.807, 2.05) is 42.3 Å². The van der Waals surface area contributed by atoms with Crippen LogP contribution < -0.4 is 4.90 Å². The molecule has 3 aromatic rings. The summed E-state index contributed by atoms with van der Waals surface area (Å²) >= 11 is 5.99. The smallest absolute Gasteiger partial charge is 0.224 e. The van der Waals surface area contributed by atoms with Gasteiger partial charge in [-0.05, 0) is 41.4 Å². The van der Waals surface area contributed by atoms with Gasteiger partial charge in [-0.25, -0.2) is 9.37 Å². The first-order chi connectivity index (χ1) is 10.1. The van der Waals surface area contributed by atoms with Crippen LogP contribution in [0.4, 0.5) is 10.2 Å². The van der Waals surface area contributed by atoms with Crippen LogP contribution in [-0.2, 0) is 6.54 Å². The van der Waals surface area contributed by atoms with Crippen LogP contribution in [0, 0.1) is 5.82 Å². The Morgan fingerprint density at radius 2 is 1.90 bits per heavy atom.